The van der Waals surface area contributed by atoms with Gasteiger partial charge < -0.3 is 20.4 Å². The third-order valence-corrected chi connectivity index (χ3v) is 11.9. The first-order chi connectivity index (χ1) is 23.6. The molecule has 51 heavy (non-hydrogen) atoms. The summed E-state index contributed by atoms with van der Waals surface area (Å²) in [4.78, 5) is 0. The molecule has 0 saturated heterocycles. The largest absolute Gasteiger partial charge is 0.507 e. The lowest BCUT2D eigenvalue weighted by atomic mass is 9.67. The van der Waals surface area contributed by atoms with Crippen LogP contribution in [0.2, 0.25) is 20.1 Å². The Hall–Kier alpha value is -3.54. The third-order valence-electron chi connectivity index (χ3n) is 10.8. The molecule has 0 amide bonds. The second-order valence-corrected chi connectivity index (χ2v) is 16.8. The maximum atomic E-state index is 10.7. The van der Waals surface area contributed by atoms with Gasteiger partial charge in [-0.15, -0.1) is 0 Å². The second-order valence-electron chi connectivity index (χ2n) is 15.1. The summed E-state index contributed by atoms with van der Waals surface area (Å²) in [5.41, 5.74) is 8.00. The van der Waals surface area contributed by atoms with Crippen LogP contribution in [0.5, 0.6) is 23.0 Å². The van der Waals surface area contributed by atoms with Crippen LogP contribution in [-0.4, -0.2) is 20.4 Å². The van der Waals surface area contributed by atoms with Crippen LogP contribution < -0.4 is 0 Å². The van der Waals surface area contributed by atoms with Gasteiger partial charge in [-0.05, 0) is 120 Å². The topological polar surface area (TPSA) is 80.9 Å². The van der Waals surface area contributed by atoms with Gasteiger partial charge in [0.05, 0.1) is 20.1 Å². The zero-order valence-corrected chi connectivity index (χ0v) is 33.4. The highest BCUT2D eigenvalue weighted by molar-refractivity contribution is 6.37. The highest BCUT2D eigenvalue weighted by Crippen LogP contribution is 2.48. The van der Waals surface area contributed by atoms with E-state index in [0.29, 0.717) is 23.3 Å². The first-order valence-corrected chi connectivity index (χ1v) is 18.2. The van der Waals surface area contributed by atoms with Crippen molar-refractivity contribution >= 4 is 46.4 Å². The number of hydrogen-bond donors (Lipinski definition) is 4. The van der Waals surface area contributed by atoms with Gasteiger partial charge >= 0.3 is 0 Å². The van der Waals surface area contributed by atoms with Gasteiger partial charge in [0.15, 0.2) is 11.5 Å². The fourth-order valence-electron chi connectivity index (χ4n) is 7.21. The lowest BCUT2D eigenvalue weighted by Crippen LogP contribution is -2.30. The molecular weight excluding hydrogens is 722 g/mol. The van der Waals surface area contributed by atoms with Crippen LogP contribution in [0.4, 0.5) is 0 Å². The van der Waals surface area contributed by atoms with Crippen LogP contribution in [0.3, 0.4) is 0 Å². The SMILES string of the molecule is Cc1cc(C(C)(C)c2ccc(C(C)(C)c3cc(C)c(O)c(C)c3)c(CC(C)(c3cc(Cl)c(O)c(Cl)c3)c3cc(Cl)c(O)c(Cl)c3)c2)cc(C)c1O. The van der Waals surface area contributed by atoms with Crippen LogP contribution in [0.25, 0.3) is 0 Å². The number of aryl methyl sites for hydroxylation is 4. The molecule has 0 bridgehead atoms. The monoisotopic (exact) mass is 764 g/mol. The summed E-state index contributed by atoms with van der Waals surface area (Å²) in [5.74, 6) is 0.143. The van der Waals surface area contributed by atoms with Gasteiger partial charge in [0.2, 0.25) is 0 Å². The molecule has 5 aromatic carbocycles. The van der Waals surface area contributed by atoms with Crippen molar-refractivity contribution in [1.29, 1.82) is 0 Å². The van der Waals surface area contributed by atoms with Crippen molar-refractivity contribution in [3.05, 3.63) is 148 Å². The first-order valence-electron chi connectivity index (χ1n) is 16.7. The van der Waals surface area contributed by atoms with Gasteiger partial charge in [-0.25, -0.2) is 0 Å². The minimum Gasteiger partial charge on any atom is -0.507 e. The minimum absolute atomic E-state index is 0.100. The van der Waals surface area contributed by atoms with Crippen molar-refractivity contribution in [3.8, 4) is 23.0 Å². The lowest BCUT2D eigenvalue weighted by Gasteiger charge is -2.37. The molecule has 268 valence electrons. The van der Waals surface area contributed by atoms with Crippen LogP contribution in [0, 0.1) is 27.7 Å². The molecule has 0 aliphatic carbocycles. The van der Waals surface area contributed by atoms with Gasteiger partial charge in [-0.3, -0.25) is 0 Å². The van der Waals surface area contributed by atoms with Gasteiger partial charge in [-0.1, -0.05) is 123 Å². The maximum Gasteiger partial charge on any atom is 0.152 e. The van der Waals surface area contributed by atoms with Crippen molar-refractivity contribution < 1.29 is 20.4 Å². The number of halogens is 4. The molecule has 5 rings (SSSR count). The Bertz CT molecular complexity index is 2030. The van der Waals surface area contributed by atoms with Crippen LogP contribution in [0.15, 0.2) is 66.7 Å². The van der Waals surface area contributed by atoms with Crippen molar-refractivity contribution in [2.75, 3.05) is 0 Å². The highest BCUT2D eigenvalue weighted by atomic mass is 35.5. The number of phenolic OH excluding ortho intramolecular Hbond substituents is 4. The molecule has 0 aliphatic heterocycles. The Morgan fingerprint density at radius 2 is 0.784 bits per heavy atom. The van der Waals surface area contributed by atoms with E-state index in [9.17, 15) is 20.4 Å². The predicted molar refractivity (Wildman–Crippen MR) is 212 cm³/mol. The summed E-state index contributed by atoms with van der Waals surface area (Å²) in [6.45, 7) is 18.4. The van der Waals surface area contributed by atoms with E-state index >= 15 is 0 Å². The number of benzene rings is 5. The molecule has 0 radical (unpaired) electrons. The van der Waals surface area contributed by atoms with E-state index in [4.69, 9.17) is 46.4 Å². The fraction of sp³-hybridized carbons (Fsp3) is 0.302. The summed E-state index contributed by atoms with van der Waals surface area (Å²) in [7, 11) is 0. The van der Waals surface area contributed by atoms with E-state index < -0.39 is 16.2 Å². The van der Waals surface area contributed by atoms with E-state index in [2.05, 4.69) is 45.9 Å². The molecule has 8 heteroatoms. The van der Waals surface area contributed by atoms with E-state index in [1.54, 1.807) is 24.3 Å². The highest BCUT2D eigenvalue weighted by Gasteiger charge is 2.37. The molecule has 0 heterocycles. The zero-order chi connectivity index (χ0) is 38.0. The van der Waals surface area contributed by atoms with Crippen molar-refractivity contribution in [3.63, 3.8) is 0 Å². The average molecular weight is 767 g/mol. The number of hydrogen-bond acceptors (Lipinski definition) is 4. The summed E-state index contributed by atoms with van der Waals surface area (Å²) in [5, 5.41) is 42.7. The van der Waals surface area contributed by atoms with E-state index in [-0.39, 0.29) is 37.3 Å². The van der Waals surface area contributed by atoms with E-state index in [0.717, 1.165) is 50.1 Å². The van der Waals surface area contributed by atoms with Crippen LogP contribution in [-0.2, 0) is 22.7 Å². The summed E-state index contributed by atoms with van der Waals surface area (Å²) >= 11 is 26.2. The third kappa shape index (κ3) is 7.01. The van der Waals surface area contributed by atoms with E-state index in [1.165, 1.54) is 0 Å². The summed E-state index contributed by atoms with van der Waals surface area (Å²) in [6, 6.07) is 21.5. The lowest BCUT2D eigenvalue weighted by molar-refractivity contribution is 0.465. The molecule has 0 aromatic heterocycles. The quantitative estimate of drug-likeness (QED) is 0.127. The Balaban J connectivity index is 1.83. The van der Waals surface area contributed by atoms with Gasteiger partial charge in [-0.2, -0.15) is 0 Å². The number of aromatic hydroxyl groups is 4. The van der Waals surface area contributed by atoms with Gasteiger partial charge in [0, 0.05) is 16.2 Å². The van der Waals surface area contributed by atoms with Crippen molar-refractivity contribution in [2.45, 2.75) is 85.0 Å². The molecule has 4 N–H and O–H groups in total. The molecule has 0 spiro atoms. The van der Waals surface area contributed by atoms with Crippen molar-refractivity contribution in [1.82, 2.24) is 0 Å². The molecule has 0 saturated carbocycles. The average Bonchev–Trinajstić information content (AvgIpc) is 3.06. The van der Waals surface area contributed by atoms with Crippen LogP contribution >= 0.6 is 46.4 Å². The fourth-order valence-corrected chi connectivity index (χ4v) is 8.19. The maximum absolute atomic E-state index is 10.7. The first kappa shape index (κ1) is 38.7. The Morgan fingerprint density at radius 1 is 0.431 bits per heavy atom. The van der Waals surface area contributed by atoms with Crippen LogP contribution in [0.1, 0.15) is 95.8 Å². The molecule has 4 nitrogen and oxygen atoms in total. The number of phenols is 4. The Kier molecular flexibility index (Phi) is 10.5. The normalized spacial score (nSPS) is 12.4. The van der Waals surface area contributed by atoms with Gasteiger partial charge in [0.25, 0.3) is 0 Å². The summed E-state index contributed by atoms with van der Waals surface area (Å²) in [6.07, 6.45) is 0.411. The molecule has 5 aromatic rings. The Labute approximate surface area is 321 Å². The predicted octanol–water partition coefficient (Wildman–Crippen LogP) is 12.6. The second kappa shape index (κ2) is 13.8. The standard InChI is InChI=1S/C43H44Cl4O4/c1-22-12-28(13-23(2)37(22)48)41(5,6)27-10-11-32(42(7,8)29-14-24(3)38(49)25(4)15-29)26(16-27)21-43(9,30-17-33(44)39(50)34(45)18-30)31-19-35(46)40(51)36(47)20-31/h10-20,48-51H,21H2,1-9H3. The smallest absolute Gasteiger partial charge is 0.152 e. The van der Waals surface area contributed by atoms with Gasteiger partial charge in [0.1, 0.15) is 11.5 Å². The van der Waals surface area contributed by atoms with E-state index in [1.807, 2.05) is 58.9 Å². The molecular formula is C43H44Cl4O4. The molecule has 0 unspecified atom stereocenters. The minimum atomic E-state index is -0.887. The number of rotatable bonds is 8. The molecule has 0 fully saturated rings. The molecule has 0 atom stereocenters. The zero-order valence-electron chi connectivity index (χ0n) is 30.4. The summed E-state index contributed by atoms with van der Waals surface area (Å²) < 4.78 is 0. The molecule has 0 aliphatic rings. The van der Waals surface area contributed by atoms with Crippen molar-refractivity contribution in [2.24, 2.45) is 0 Å². The Morgan fingerprint density at radius 3 is 1.16 bits per heavy atom.